The monoisotopic (exact) mass is 337 g/mol. The number of likely N-dealkylation sites (tertiary alicyclic amines) is 1. The Morgan fingerprint density at radius 3 is 2.25 bits per heavy atom. The Morgan fingerprint density at radius 1 is 1.17 bits per heavy atom. The van der Waals surface area contributed by atoms with Gasteiger partial charge in [0.25, 0.3) is 0 Å². The topological polar surface area (TPSA) is 49.8 Å². The third kappa shape index (κ3) is 2.48. The van der Waals surface area contributed by atoms with Crippen molar-refractivity contribution in [2.45, 2.75) is 84.0 Å². The number of Topliss-reactive ketones (excluding diaryl/α,β-unsaturated/α-hetero) is 1. The number of fused-ring (bicyclic) bond motifs is 1. The summed E-state index contributed by atoms with van der Waals surface area (Å²) in [5, 5.41) is 9.42. The van der Waals surface area contributed by atoms with Crippen LogP contribution < -0.4 is 0 Å². The van der Waals surface area contributed by atoms with Gasteiger partial charge in [0.2, 0.25) is 0 Å². The van der Waals surface area contributed by atoms with Gasteiger partial charge in [0, 0.05) is 6.61 Å². The van der Waals surface area contributed by atoms with E-state index in [4.69, 9.17) is 4.74 Å². The summed E-state index contributed by atoms with van der Waals surface area (Å²) in [7, 11) is 0. The first-order valence-electron chi connectivity index (χ1n) is 9.60. The number of ether oxygens (including phenoxy) is 1. The molecule has 1 N–H and O–H groups in total. The van der Waals surface area contributed by atoms with E-state index < -0.39 is 5.60 Å². The molecule has 3 aliphatic rings. The maximum absolute atomic E-state index is 13.7. The van der Waals surface area contributed by atoms with Crippen molar-refractivity contribution in [1.29, 1.82) is 0 Å². The number of carbonyl (C=O) groups is 1. The van der Waals surface area contributed by atoms with Gasteiger partial charge < -0.3 is 9.84 Å². The van der Waals surface area contributed by atoms with Gasteiger partial charge in [0.05, 0.1) is 11.1 Å². The van der Waals surface area contributed by atoms with E-state index in [0.717, 1.165) is 38.8 Å². The Bertz CT molecular complexity index is 515. The average Bonchev–Trinajstić information content (AvgIpc) is 2.99. The molecular formula is C20H35NO3. The normalized spacial score (nSPS) is 40.5. The Kier molecular flexibility index (Phi) is 4.22. The van der Waals surface area contributed by atoms with E-state index >= 15 is 0 Å². The fraction of sp³-hybridized carbons (Fsp3) is 0.950. The van der Waals surface area contributed by atoms with Crippen molar-refractivity contribution in [3.8, 4) is 0 Å². The highest BCUT2D eigenvalue weighted by molar-refractivity contribution is 6.01. The predicted molar refractivity (Wildman–Crippen MR) is 94.9 cm³/mol. The van der Waals surface area contributed by atoms with Crippen molar-refractivity contribution in [1.82, 2.24) is 4.90 Å². The number of aliphatic hydroxyl groups excluding tert-OH is 1. The molecule has 3 rings (SSSR count). The maximum atomic E-state index is 13.7. The molecule has 24 heavy (non-hydrogen) atoms. The number of rotatable bonds is 3. The van der Waals surface area contributed by atoms with Gasteiger partial charge in [-0.1, -0.05) is 13.8 Å². The van der Waals surface area contributed by atoms with Gasteiger partial charge in [-0.25, -0.2) is 0 Å². The lowest BCUT2D eigenvalue weighted by Gasteiger charge is -2.46. The highest BCUT2D eigenvalue weighted by Gasteiger charge is 2.81. The largest absolute Gasteiger partial charge is 0.396 e. The molecule has 4 nitrogen and oxygen atoms in total. The van der Waals surface area contributed by atoms with Crippen molar-refractivity contribution in [3.63, 3.8) is 0 Å². The van der Waals surface area contributed by atoms with Crippen LogP contribution in [-0.4, -0.2) is 52.2 Å². The molecule has 1 heterocycles. The van der Waals surface area contributed by atoms with Crippen molar-refractivity contribution >= 4 is 5.78 Å². The third-order valence-corrected chi connectivity index (χ3v) is 6.91. The van der Waals surface area contributed by atoms with Gasteiger partial charge in [-0.15, -0.1) is 0 Å². The Morgan fingerprint density at radius 2 is 1.75 bits per heavy atom. The van der Waals surface area contributed by atoms with E-state index in [9.17, 15) is 9.90 Å². The van der Waals surface area contributed by atoms with E-state index in [0.29, 0.717) is 17.6 Å². The van der Waals surface area contributed by atoms with Gasteiger partial charge in [0.15, 0.2) is 5.78 Å². The molecule has 2 aliphatic carbocycles. The zero-order valence-electron chi connectivity index (χ0n) is 16.3. The molecule has 3 atom stereocenters. The molecule has 0 bridgehead atoms. The molecule has 0 radical (unpaired) electrons. The average molecular weight is 338 g/mol. The van der Waals surface area contributed by atoms with Crippen LogP contribution in [0, 0.1) is 17.3 Å². The molecule has 0 spiro atoms. The second-order valence-corrected chi connectivity index (χ2v) is 9.97. The fourth-order valence-corrected chi connectivity index (χ4v) is 5.82. The summed E-state index contributed by atoms with van der Waals surface area (Å²) >= 11 is 0. The molecule has 0 aromatic heterocycles. The lowest BCUT2D eigenvalue weighted by atomic mass is 9.78. The lowest BCUT2D eigenvalue weighted by molar-refractivity contribution is -0.176. The SMILES string of the molecule is CC(C)(C)OC1(C)CCC2C(C)(C)C2(N2CCC(CO)CC2)C1=O. The van der Waals surface area contributed by atoms with E-state index in [1.165, 1.54) is 0 Å². The number of piperidine rings is 1. The van der Waals surface area contributed by atoms with Crippen LogP contribution in [-0.2, 0) is 9.53 Å². The molecule has 138 valence electrons. The van der Waals surface area contributed by atoms with E-state index in [2.05, 4.69) is 18.7 Å². The van der Waals surface area contributed by atoms with Crippen molar-refractivity contribution in [2.75, 3.05) is 19.7 Å². The summed E-state index contributed by atoms with van der Waals surface area (Å²) in [6.45, 7) is 14.7. The van der Waals surface area contributed by atoms with Crippen LogP contribution in [0.25, 0.3) is 0 Å². The minimum absolute atomic E-state index is 0.0230. The van der Waals surface area contributed by atoms with Gasteiger partial charge in [-0.3, -0.25) is 9.69 Å². The number of hydrogen-bond acceptors (Lipinski definition) is 4. The summed E-state index contributed by atoms with van der Waals surface area (Å²) in [4.78, 5) is 16.2. The highest BCUT2D eigenvalue weighted by atomic mass is 16.5. The van der Waals surface area contributed by atoms with Crippen LogP contribution in [0.3, 0.4) is 0 Å². The molecule has 0 aromatic carbocycles. The van der Waals surface area contributed by atoms with Gasteiger partial charge >= 0.3 is 0 Å². The summed E-state index contributed by atoms with van der Waals surface area (Å²) in [5.74, 6) is 1.14. The van der Waals surface area contributed by atoms with Crippen LogP contribution in [0.2, 0.25) is 0 Å². The van der Waals surface area contributed by atoms with Crippen LogP contribution in [0.15, 0.2) is 0 Å². The Hall–Kier alpha value is -0.450. The molecule has 0 aromatic rings. The molecule has 2 saturated carbocycles. The third-order valence-electron chi connectivity index (χ3n) is 6.91. The summed E-state index contributed by atoms with van der Waals surface area (Å²) < 4.78 is 6.31. The lowest BCUT2D eigenvalue weighted by Crippen LogP contribution is -2.61. The predicted octanol–water partition coefficient (Wildman–Crippen LogP) is 3.02. The fourth-order valence-electron chi connectivity index (χ4n) is 5.82. The summed E-state index contributed by atoms with van der Waals surface area (Å²) in [5.41, 5.74) is -1.33. The molecule has 1 aliphatic heterocycles. The molecule has 3 fully saturated rings. The van der Waals surface area contributed by atoms with Crippen molar-refractivity contribution in [3.05, 3.63) is 0 Å². The standard InChI is InChI=1S/C20H35NO3/c1-17(2,3)24-19(6)10-7-15-18(4,5)20(15,16(19)23)21-11-8-14(13-22)9-12-21/h14-15,22H,7-13H2,1-6H3. The van der Waals surface area contributed by atoms with Crippen LogP contribution in [0.4, 0.5) is 0 Å². The number of ketones is 1. The minimum Gasteiger partial charge on any atom is -0.396 e. The van der Waals surface area contributed by atoms with Gasteiger partial charge in [0.1, 0.15) is 5.60 Å². The summed E-state index contributed by atoms with van der Waals surface area (Å²) in [6.07, 6.45) is 3.87. The molecule has 0 amide bonds. The molecule has 4 heteroatoms. The van der Waals surface area contributed by atoms with Crippen molar-refractivity contribution in [2.24, 2.45) is 17.3 Å². The minimum atomic E-state index is -0.684. The first-order chi connectivity index (χ1) is 11.0. The number of carbonyl (C=O) groups excluding carboxylic acids is 1. The Labute approximate surface area is 146 Å². The maximum Gasteiger partial charge on any atom is 0.185 e. The van der Waals surface area contributed by atoms with E-state index in [-0.39, 0.29) is 23.2 Å². The van der Waals surface area contributed by atoms with Gasteiger partial charge in [-0.05, 0) is 83.7 Å². The van der Waals surface area contributed by atoms with E-state index in [1.54, 1.807) is 0 Å². The smallest absolute Gasteiger partial charge is 0.185 e. The van der Waals surface area contributed by atoms with Crippen LogP contribution in [0.5, 0.6) is 0 Å². The second kappa shape index (κ2) is 5.52. The zero-order valence-corrected chi connectivity index (χ0v) is 16.3. The van der Waals surface area contributed by atoms with Crippen molar-refractivity contribution < 1.29 is 14.6 Å². The quantitative estimate of drug-likeness (QED) is 0.860. The number of nitrogens with zero attached hydrogens (tertiary/aromatic N) is 1. The Balaban J connectivity index is 1.88. The van der Waals surface area contributed by atoms with E-state index in [1.807, 2.05) is 27.7 Å². The molecule has 1 saturated heterocycles. The molecule has 3 unspecified atom stereocenters. The first-order valence-corrected chi connectivity index (χ1v) is 9.60. The van der Waals surface area contributed by atoms with Crippen LogP contribution >= 0.6 is 0 Å². The zero-order chi connectivity index (χ0) is 18.0. The van der Waals surface area contributed by atoms with Gasteiger partial charge in [-0.2, -0.15) is 0 Å². The second-order valence-electron chi connectivity index (χ2n) is 9.97. The summed E-state index contributed by atoms with van der Waals surface area (Å²) in [6, 6.07) is 0. The molecular weight excluding hydrogens is 302 g/mol. The number of aliphatic hydroxyl groups is 1. The first kappa shape index (κ1) is 18.3. The highest BCUT2D eigenvalue weighted by Crippen LogP contribution is 2.71. The van der Waals surface area contributed by atoms with Crippen LogP contribution in [0.1, 0.15) is 67.2 Å². The number of hydrogen-bond donors (Lipinski definition) is 1.